The van der Waals surface area contributed by atoms with Gasteiger partial charge < -0.3 is 14.8 Å². The van der Waals surface area contributed by atoms with Crippen LogP contribution in [0.3, 0.4) is 0 Å². The van der Waals surface area contributed by atoms with Crippen molar-refractivity contribution < 1.29 is 19.3 Å². The molecule has 0 radical (unpaired) electrons. The van der Waals surface area contributed by atoms with Crippen LogP contribution in [-0.4, -0.2) is 40.3 Å². The summed E-state index contributed by atoms with van der Waals surface area (Å²) in [5.74, 6) is 1.15. The number of fused-ring (bicyclic) bond motifs is 1. The lowest BCUT2D eigenvalue weighted by molar-refractivity contribution is -0.360. The highest BCUT2D eigenvalue weighted by atomic mass is 16.5. The van der Waals surface area contributed by atoms with Gasteiger partial charge in [-0.25, -0.2) is 19.8 Å². The number of aromatic amines is 1. The Morgan fingerprint density at radius 1 is 1.28 bits per heavy atom. The van der Waals surface area contributed by atoms with Crippen molar-refractivity contribution in [3.8, 4) is 11.5 Å². The Bertz CT molecular complexity index is 1050. The molecule has 3 heterocycles. The number of methoxy groups -OCH3 is 2. The predicted octanol–water partition coefficient (Wildman–Crippen LogP) is 1.29. The lowest BCUT2D eigenvalue weighted by atomic mass is 9.87. The molecule has 10 heteroatoms. The molecule has 0 saturated carbocycles. The van der Waals surface area contributed by atoms with Gasteiger partial charge >= 0.3 is 5.91 Å². The van der Waals surface area contributed by atoms with Gasteiger partial charge in [-0.3, -0.25) is 0 Å². The number of aromatic nitrogens is 5. The first-order valence-electron chi connectivity index (χ1n) is 8.85. The zero-order chi connectivity index (χ0) is 20.4. The first kappa shape index (κ1) is 18.4. The monoisotopic (exact) mass is 394 g/mol. The number of pyridine rings is 1. The summed E-state index contributed by atoms with van der Waals surface area (Å²) in [7, 11) is 3.14. The van der Waals surface area contributed by atoms with Crippen LogP contribution in [0, 0.1) is 5.92 Å². The number of hydrogen-bond acceptors (Lipinski definition) is 7. The summed E-state index contributed by atoms with van der Waals surface area (Å²) in [4.78, 5) is 16.3. The zero-order valence-corrected chi connectivity index (χ0v) is 15.9. The van der Waals surface area contributed by atoms with E-state index < -0.39 is 12.0 Å². The molecule has 3 aromatic rings. The molecule has 2 atom stereocenters. The fourth-order valence-electron chi connectivity index (χ4n) is 3.38. The number of rotatable bonds is 5. The van der Waals surface area contributed by atoms with Crippen molar-refractivity contribution >= 4 is 17.7 Å². The average Bonchev–Trinajstić information content (AvgIpc) is 3.20. The van der Waals surface area contributed by atoms with Crippen LogP contribution in [0.1, 0.15) is 11.6 Å². The summed E-state index contributed by atoms with van der Waals surface area (Å²) in [6.07, 6.45) is 1.73. The smallest absolute Gasteiger partial charge is 0.319 e. The van der Waals surface area contributed by atoms with E-state index in [1.54, 1.807) is 43.3 Å². The van der Waals surface area contributed by atoms with Crippen LogP contribution < -0.4 is 25.1 Å². The molecule has 10 nitrogen and oxygen atoms in total. The number of ether oxygens (including phenoxy) is 2. The highest BCUT2D eigenvalue weighted by molar-refractivity contribution is 5.94. The van der Waals surface area contributed by atoms with Crippen molar-refractivity contribution in [1.82, 2.24) is 20.2 Å². The number of H-pyrrole nitrogens is 1. The van der Waals surface area contributed by atoms with E-state index in [1.807, 2.05) is 18.2 Å². The number of carbonyl (C=O) groups excluding carboxylic acids is 1. The molecule has 2 unspecified atom stereocenters. The van der Waals surface area contributed by atoms with Gasteiger partial charge in [0.15, 0.2) is 0 Å². The number of amides is 1. The van der Waals surface area contributed by atoms with Gasteiger partial charge in [-0.05, 0) is 34.7 Å². The minimum Gasteiger partial charge on any atom is -0.497 e. The summed E-state index contributed by atoms with van der Waals surface area (Å²) in [5, 5.41) is 17.7. The first-order valence-corrected chi connectivity index (χ1v) is 8.85. The fraction of sp³-hybridized carbons (Fsp3) is 0.211. The Kier molecular flexibility index (Phi) is 4.82. The Morgan fingerprint density at radius 3 is 2.86 bits per heavy atom. The second kappa shape index (κ2) is 7.58. The van der Waals surface area contributed by atoms with Crippen LogP contribution in [-0.2, 0) is 4.79 Å². The molecular weight excluding hydrogens is 374 g/mol. The molecule has 1 aliphatic rings. The molecular formula is C19H20N7O3+. The number of nitrogens with zero attached hydrogens (tertiary/aromatic N) is 4. The third-order valence-electron chi connectivity index (χ3n) is 4.72. The standard InChI is InChI=1S/C19H19N7O3/c1-11-16(18(27)22-15-6-4-5-9-20-15)17(26-19(21-11)23-24-25-26)13-10-12(28-2)7-8-14(13)29-3/h4-10,16-17H,1H2,2-3H3,(H,20,22,27)(H,21,23,25)/p+1. The van der Waals surface area contributed by atoms with Crippen LogP contribution in [0.25, 0.3) is 0 Å². The van der Waals surface area contributed by atoms with E-state index in [-0.39, 0.29) is 5.91 Å². The summed E-state index contributed by atoms with van der Waals surface area (Å²) in [5.41, 5.74) is 1.16. The molecule has 148 valence electrons. The van der Waals surface area contributed by atoms with E-state index in [9.17, 15) is 4.79 Å². The van der Waals surface area contributed by atoms with Crippen LogP contribution in [0.2, 0.25) is 0 Å². The van der Waals surface area contributed by atoms with Gasteiger partial charge in [-0.2, -0.15) is 0 Å². The van der Waals surface area contributed by atoms with E-state index in [0.29, 0.717) is 34.5 Å². The van der Waals surface area contributed by atoms with Crippen molar-refractivity contribution in [2.24, 2.45) is 5.92 Å². The van der Waals surface area contributed by atoms with Crippen LogP contribution >= 0.6 is 0 Å². The SMILES string of the molecule is C=C1Nc2nnnn2C(c2cc(OC)ccc2OC)C1C(=O)Nc1cccc[nH+]1. The van der Waals surface area contributed by atoms with E-state index >= 15 is 0 Å². The second-order valence-electron chi connectivity index (χ2n) is 6.39. The Hall–Kier alpha value is -3.95. The van der Waals surface area contributed by atoms with Crippen molar-refractivity contribution in [1.29, 1.82) is 0 Å². The number of anilines is 2. The van der Waals surface area contributed by atoms with Gasteiger partial charge in [0.05, 0.1) is 20.4 Å². The van der Waals surface area contributed by atoms with Crippen molar-refractivity contribution in [2.75, 3.05) is 24.9 Å². The van der Waals surface area contributed by atoms with E-state index in [4.69, 9.17) is 9.47 Å². The average molecular weight is 394 g/mol. The quantitative estimate of drug-likeness (QED) is 0.669. The van der Waals surface area contributed by atoms with E-state index in [2.05, 4.69) is 37.7 Å². The van der Waals surface area contributed by atoms with Gasteiger partial charge in [-0.1, -0.05) is 17.7 Å². The third kappa shape index (κ3) is 3.35. The summed E-state index contributed by atoms with van der Waals surface area (Å²) in [6, 6.07) is 10.2. The fourth-order valence-corrected chi connectivity index (χ4v) is 3.38. The molecule has 4 rings (SSSR count). The first-order chi connectivity index (χ1) is 14.1. The molecule has 2 aromatic heterocycles. The second-order valence-corrected chi connectivity index (χ2v) is 6.39. The lowest BCUT2D eigenvalue weighted by Crippen LogP contribution is -2.40. The van der Waals surface area contributed by atoms with Crippen LogP contribution in [0.15, 0.2) is 54.9 Å². The molecule has 1 aromatic carbocycles. The molecule has 0 saturated heterocycles. The van der Waals surface area contributed by atoms with Crippen molar-refractivity contribution in [2.45, 2.75) is 6.04 Å². The Morgan fingerprint density at radius 2 is 2.14 bits per heavy atom. The zero-order valence-electron chi connectivity index (χ0n) is 15.9. The maximum atomic E-state index is 13.3. The summed E-state index contributed by atoms with van der Waals surface area (Å²) >= 11 is 0. The number of nitrogens with one attached hydrogen (secondary N) is 3. The number of hydrogen-bond donors (Lipinski definition) is 2. The Labute approximate surface area is 166 Å². The molecule has 0 spiro atoms. The van der Waals surface area contributed by atoms with Gasteiger partial charge in [0.2, 0.25) is 5.95 Å². The maximum Gasteiger partial charge on any atom is 0.319 e. The molecule has 0 bridgehead atoms. The molecule has 1 aliphatic heterocycles. The number of carbonyl (C=O) groups is 1. The molecule has 29 heavy (non-hydrogen) atoms. The predicted molar refractivity (Wildman–Crippen MR) is 103 cm³/mol. The topological polar surface area (TPSA) is 117 Å². The minimum absolute atomic E-state index is 0.277. The molecule has 0 aliphatic carbocycles. The van der Waals surface area contributed by atoms with E-state index in [1.165, 1.54) is 0 Å². The third-order valence-corrected chi connectivity index (χ3v) is 4.72. The van der Waals surface area contributed by atoms with Gasteiger partial charge in [0, 0.05) is 17.3 Å². The van der Waals surface area contributed by atoms with Gasteiger partial charge in [0.1, 0.15) is 23.5 Å². The molecule has 1 amide bonds. The summed E-state index contributed by atoms with van der Waals surface area (Å²) in [6.45, 7) is 4.05. The van der Waals surface area contributed by atoms with E-state index in [0.717, 1.165) is 0 Å². The van der Waals surface area contributed by atoms with Gasteiger partial charge in [0.25, 0.3) is 5.82 Å². The van der Waals surface area contributed by atoms with Crippen LogP contribution in [0.4, 0.5) is 11.8 Å². The largest absolute Gasteiger partial charge is 0.497 e. The lowest BCUT2D eigenvalue weighted by Gasteiger charge is -2.32. The number of tetrazole rings is 1. The Balaban J connectivity index is 1.81. The van der Waals surface area contributed by atoms with Gasteiger partial charge in [-0.15, -0.1) is 0 Å². The summed E-state index contributed by atoms with van der Waals surface area (Å²) < 4.78 is 12.5. The number of benzene rings is 1. The van der Waals surface area contributed by atoms with Crippen molar-refractivity contribution in [3.63, 3.8) is 0 Å². The highest BCUT2D eigenvalue weighted by Crippen LogP contribution is 2.42. The maximum absolute atomic E-state index is 13.3. The van der Waals surface area contributed by atoms with Crippen LogP contribution in [0.5, 0.6) is 11.5 Å². The van der Waals surface area contributed by atoms with Crippen molar-refractivity contribution in [3.05, 3.63) is 60.4 Å². The molecule has 0 fully saturated rings. The molecule has 3 N–H and O–H groups in total. The minimum atomic E-state index is -0.722. The normalized spacial score (nSPS) is 17.8. The highest BCUT2D eigenvalue weighted by Gasteiger charge is 2.43.